The number of ketones is 1. The van der Waals surface area contributed by atoms with Crippen molar-refractivity contribution in [2.45, 2.75) is 25.7 Å². The van der Waals surface area contributed by atoms with E-state index in [4.69, 9.17) is 4.74 Å². The molecule has 0 unspecified atom stereocenters. The third-order valence-corrected chi connectivity index (χ3v) is 6.31. The molecule has 3 aromatic rings. The molecule has 0 aromatic heterocycles. The minimum absolute atomic E-state index is 0.0353. The minimum atomic E-state index is -0.581. The van der Waals surface area contributed by atoms with Crippen LogP contribution in [0.4, 0.5) is 5.69 Å². The van der Waals surface area contributed by atoms with Gasteiger partial charge in [-0.05, 0) is 54.1 Å². The summed E-state index contributed by atoms with van der Waals surface area (Å²) in [6, 6.07) is 15.6. The number of hydrogen-bond donors (Lipinski definition) is 1. The third kappa shape index (κ3) is 4.30. The number of esters is 1. The van der Waals surface area contributed by atoms with Crippen molar-refractivity contribution in [3.05, 3.63) is 76.9 Å². The fourth-order valence-electron chi connectivity index (χ4n) is 4.52. The van der Waals surface area contributed by atoms with E-state index in [-0.39, 0.29) is 42.9 Å². The maximum absolute atomic E-state index is 12.9. The van der Waals surface area contributed by atoms with E-state index in [1.165, 1.54) is 0 Å². The normalized spacial score (nSPS) is 14.5. The average Bonchev–Trinajstić information content (AvgIpc) is 2.87. The number of imide groups is 1. The number of rotatable bonds is 7. The Morgan fingerprint density at radius 3 is 2.34 bits per heavy atom. The number of benzene rings is 3. The molecule has 3 aromatic carbocycles. The molecule has 3 amide bonds. The number of aryl methyl sites for hydroxylation is 1. The molecule has 8 heteroatoms. The van der Waals surface area contributed by atoms with Crippen molar-refractivity contribution in [2.24, 2.45) is 0 Å². The fraction of sp³-hybridized carbons (Fsp3) is 0.222. The number of nitrogens with zero attached hydrogens (tertiary/aromatic N) is 1. The van der Waals surface area contributed by atoms with E-state index in [1.807, 2.05) is 12.1 Å². The number of Topliss-reactive ketones (excluding diaryl/α,β-unsaturated/α-hetero) is 1. The first-order chi connectivity index (χ1) is 16.9. The largest absolute Gasteiger partial charge is 0.457 e. The van der Waals surface area contributed by atoms with Gasteiger partial charge in [-0.3, -0.25) is 28.9 Å². The van der Waals surface area contributed by atoms with Crippen LogP contribution in [0.3, 0.4) is 0 Å². The van der Waals surface area contributed by atoms with Crippen LogP contribution in [0.1, 0.15) is 55.9 Å². The van der Waals surface area contributed by atoms with Gasteiger partial charge in [-0.25, -0.2) is 0 Å². The molecule has 0 atom stereocenters. The maximum atomic E-state index is 12.9. The predicted octanol–water partition coefficient (Wildman–Crippen LogP) is 3.53. The van der Waals surface area contributed by atoms with Gasteiger partial charge in [0.25, 0.3) is 11.8 Å². The summed E-state index contributed by atoms with van der Waals surface area (Å²) in [5, 5.41) is 4.24. The van der Waals surface area contributed by atoms with Crippen LogP contribution in [0.5, 0.6) is 0 Å². The highest BCUT2D eigenvalue weighted by Crippen LogP contribution is 2.30. The molecule has 2 heterocycles. The van der Waals surface area contributed by atoms with Gasteiger partial charge in [-0.1, -0.05) is 24.3 Å². The smallest absolute Gasteiger partial charge is 0.306 e. The molecule has 2 aliphatic heterocycles. The van der Waals surface area contributed by atoms with Gasteiger partial charge in [0.2, 0.25) is 5.91 Å². The highest BCUT2D eigenvalue weighted by Gasteiger charge is 2.32. The summed E-state index contributed by atoms with van der Waals surface area (Å²) >= 11 is 0. The lowest BCUT2D eigenvalue weighted by Gasteiger charge is -2.27. The van der Waals surface area contributed by atoms with Gasteiger partial charge >= 0.3 is 5.97 Å². The van der Waals surface area contributed by atoms with E-state index in [0.29, 0.717) is 40.6 Å². The van der Waals surface area contributed by atoms with Crippen molar-refractivity contribution in [3.63, 3.8) is 0 Å². The summed E-state index contributed by atoms with van der Waals surface area (Å²) in [4.78, 5) is 63.1. The summed E-state index contributed by atoms with van der Waals surface area (Å²) in [7, 11) is 0. The summed E-state index contributed by atoms with van der Waals surface area (Å²) in [6.07, 6.45) is 1.10. The van der Waals surface area contributed by atoms with Gasteiger partial charge in [0, 0.05) is 47.2 Å². The third-order valence-electron chi connectivity index (χ3n) is 6.31. The van der Waals surface area contributed by atoms with Crippen LogP contribution in [0.15, 0.2) is 54.6 Å². The van der Waals surface area contributed by atoms with Crippen LogP contribution in [-0.2, 0) is 20.7 Å². The Labute approximate surface area is 200 Å². The number of nitrogens with one attached hydrogen (secondary N) is 1. The van der Waals surface area contributed by atoms with Crippen molar-refractivity contribution in [1.82, 2.24) is 4.90 Å². The van der Waals surface area contributed by atoms with Crippen LogP contribution < -0.4 is 5.32 Å². The Hall–Kier alpha value is -4.33. The zero-order chi connectivity index (χ0) is 24.5. The minimum Gasteiger partial charge on any atom is -0.457 e. The Balaban J connectivity index is 1.15. The molecule has 0 saturated heterocycles. The van der Waals surface area contributed by atoms with Crippen molar-refractivity contribution in [2.75, 3.05) is 18.5 Å². The van der Waals surface area contributed by atoms with E-state index in [9.17, 15) is 24.0 Å². The zero-order valence-electron chi connectivity index (χ0n) is 18.8. The van der Waals surface area contributed by atoms with Gasteiger partial charge in [0.15, 0.2) is 12.4 Å². The summed E-state index contributed by atoms with van der Waals surface area (Å²) in [5.74, 6) is -1.75. The maximum Gasteiger partial charge on any atom is 0.306 e. The Morgan fingerprint density at radius 2 is 1.63 bits per heavy atom. The molecule has 0 saturated carbocycles. The van der Waals surface area contributed by atoms with E-state index in [1.54, 1.807) is 42.5 Å². The van der Waals surface area contributed by atoms with Crippen LogP contribution in [-0.4, -0.2) is 47.5 Å². The number of amides is 3. The molecule has 8 nitrogen and oxygen atoms in total. The monoisotopic (exact) mass is 470 g/mol. The highest BCUT2D eigenvalue weighted by molar-refractivity contribution is 6.25. The molecule has 35 heavy (non-hydrogen) atoms. The number of anilines is 1. The molecular formula is C27H22N2O6. The number of carbonyl (C=O) groups excluding carboxylic acids is 5. The molecule has 176 valence electrons. The standard InChI is InChI=1S/C27H22N2O6/c30-22(18-9-11-21-17(14-18)10-12-23(31)28-21)15-35-24(32)8-3-13-29-26(33)19-6-1-4-16-5-2-7-20(25(16)19)27(29)34/h1-2,4-7,9,11,14H,3,8,10,12-13,15H2,(H,28,31). The molecule has 0 spiro atoms. The highest BCUT2D eigenvalue weighted by atomic mass is 16.5. The Morgan fingerprint density at radius 1 is 0.914 bits per heavy atom. The number of hydrogen-bond acceptors (Lipinski definition) is 6. The van der Waals surface area contributed by atoms with Gasteiger partial charge < -0.3 is 10.1 Å². The van der Waals surface area contributed by atoms with Crippen LogP contribution in [0.2, 0.25) is 0 Å². The molecule has 0 aliphatic carbocycles. The Kier molecular flexibility index (Phi) is 5.86. The lowest BCUT2D eigenvalue weighted by atomic mass is 9.94. The quantitative estimate of drug-likeness (QED) is 0.321. The second-order valence-corrected chi connectivity index (χ2v) is 8.58. The topological polar surface area (TPSA) is 110 Å². The van der Waals surface area contributed by atoms with Crippen molar-refractivity contribution >= 4 is 45.9 Å². The number of carbonyl (C=O) groups is 5. The molecular weight excluding hydrogens is 448 g/mol. The van der Waals surface area contributed by atoms with Gasteiger partial charge in [-0.2, -0.15) is 0 Å². The van der Waals surface area contributed by atoms with Gasteiger partial charge in [-0.15, -0.1) is 0 Å². The van der Waals surface area contributed by atoms with Crippen LogP contribution in [0.25, 0.3) is 10.8 Å². The van der Waals surface area contributed by atoms with Gasteiger partial charge in [0.1, 0.15) is 0 Å². The van der Waals surface area contributed by atoms with Crippen molar-refractivity contribution in [1.29, 1.82) is 0 Å². The lowest BCUT2D eigenvalue weighted by Crippen LogP contribution is -2.41. The van der Waals surface area contributed by atoms with E-state index in [2.05, 4.69) is 5.32 Å². The fourth-order valence-corrected chi connectivity index (χ4v) is 4.52. The summed E-state index contributed by atoms with van der Waals surface area (Å²) in [6.45, 7) is -0.330. The van der Waals surface area contributed by atoms with Crippen LogP contribution >= 0.6 is 0 Å². The zero-order valence-corrected chi connectivity index (χ0v) is 18.8. The summed E-state index contributed by atoms with van der Waals surface area (Å²) in [5.41, 5.74) is 2.90. The molecule has 1 N–H and O–H groups in total. The van der Waals surface area contributed by atoms with Gasteiger partial charge in [0.05, 0.1) is 0 Å². The Bertz CT molecular complexity index is 1360. The van der Waals surface area contributed by atoms with E-state index >= 15 is 0 Å². The van der Waals surface area contributed by atoms with Crippen molar-refractivity contribution in [3.8, 4) is 0 Å². The predicted molar refractivity (Wildman–Crippen MR) is 127 cm³/mol. The molecule has 2 aliphatic rings. The van der Waals surface area contributed by atoms with E-state index < -0.39 is 12.6 Å². The number of fused-ring (bicyclic) bond motifs is 1. The number of ether oxygens (including phenoxy) is 1. The van der Waals surface area contributed by atoms with E-state index in [0.717, 1.165) is 15.8 Å². The SMILES string of the molecule is O=C1CCc2cc(C(=O)COC(=O)CCCN3C(=O)c4cccc5cccc(c45)C3=O)ccc2N1. The molecule has 5 rings (SSSR count). The molecule has 0 fully saturated rings. The van der Waals surface area contributed by atoms with Crippen molar-refractivity contribution < 1.29 is 28.7 Å². The van der Waals surface area contributed by atoms with Crippen LogP contribution in [0, 0.1) is 0 Å². The first-order valence-electron chi connectivity index (χ1n) is 11.4. The second-order valence-electron chi connectivity index (χ2n) is 8.58. The lowest BCUT2D eigenvalue weighted by molar-refractivity contribution is -0.142. The summed E-state index contributed by atoms with van der Waals surface area (Å²) < 4.78 is 5.12. The first-order valence-corrected chi connectivity index (χ1v) is 11.4. The first kappa shape index (κ1) is 22.5. The molecule has 0 radical (unpaired) electrons. The second kappa shape index (κ2) is 9.13. The molecule has 0 bridgehead atoms. The average molecular weight is 470 g/mol.